The van der Waals surface area contributed by atoms with Crippen LogP contribution in [0.5, 0.6) is 0 Å². The van der Waals surface area contributed by atoms with E-state index < -0.39 is 5.60 Å². The molecule has 2 saturated heterocycles. The molecule has 3 unspecified atom stereocenters. The number of hydrogen-bond donors (Lipinski definition) is 2. The standard InChI is InChI=1S/C11H20N2O2/c1-11(2,3)15-10(14)13-9-6-7-4-5-8(9)12-7/h7-9,12H,4-6H2,1-3H3,(H,13,14). The van der Waals surface area contributed by atoms with Crippen LogP contribution in [0.15, 0.2) is 0 Å². The maximum absolute atomic E-state index is 11.5. The van der Waals surface area contributed by atoms with E-state index >= 15 is 0 Å². The van der Waals surface area contributed by atoms with Crippen LogP contribution >= 0.6 is 0 Å². The smallest absolute Gasteiger partial charge is 0.407 e. The lowest BCUT2D eigenvalue weighted by atomic mass is 9.96. The van der Waals surface area contributed by atoms with Gasteiger partial charge in [-0.1, -0.05) is 0 Å². The Morgan fingerprint density at radius 2 is 2.13 bits per heavy atom. The van der Waals surface area contributed by atoms with Crippen molar-refractivity contribution in [2.24, 2.45) is 0 Å². The molecule has 2 aliphatic heterocycles. The van der Waals surface area contributed by atoms with Crippen LogP contribution in [0, 0.1) is 0 Å². The zero-order valence-corrected chi connectivity index (χ0v) is 9.67. The van der Waals surface area contributed by atoms with Gasteiger partial charge < -0.3 is 15.4 Å². The van der Waals surface area contributed by atoms with Crippen molar-refractivity contribution in [2.45, 2.75) is 63.8 Å². The van der Waals surface area contributed by atoms with Gasteiger partial charge in [-0.15, -0.1) is 0 Å². The predicted molar refractivity (Wildman–Crippen MR) is 57.7 cm³/mol. The molecule has 4 nitrogen and oxygen atoms in total. The minimum Gasteiger partial charge on any atom is -0.444 e. The third kappa shape index (κ3) is 2.62. The average molecular weight is 212 g/mol. The van der Waals surface area contributed by atoms with Crippen LogP contribution in [0.3, 0.4) is 0 Å². The minimum atomic E-state index is -0.408. The molecule has 3 atom stereocenters. The summed E-state index contributed by atoms with van der Waals surface area (Å²) in [5.41, 5.74) is -0.408. The second kappa shape index (κ2) is 3.67. The van der Waals surface area contributed by atoms with E-state index in [1.165, 1.54) is 12.8 Å². The molecule has 15 heavy (non-hydrogen) atoms. The molecule has 0 aromatic heterocycles. The van der Waals surface area contributed by atoms with Gasteiger partial charge in [0.1, 0.15) is 5.60 Å². The zero-order chi connectivity index (χ0) is 11.1. The Kier molecular flexibility index (Phi) is 2.63. The number of carbonyl (C=O) groups excluding carboxylic acids is 1. The van der Waals surface area contributed by atoms with Crippen molar-refractivity contribution in [3.8, 4) is 0 Å². The van der Waals surface area contributed by atoms with Crippen molar-refractivity contribution < 1.29 is 9.53 Å². The highest BCUT2D eigenvalue weighted by Crippen LogP contribution is 2.28. The molecule has 2 heterocycles. The highest BCUT2D eigenvalue weighted by Gasteiger charge is 2.40. The Morgan fingerprint density at radius 3 is 2.60 bits per heavy atom. The summed E-state index contributed by atoms with van der Waals surface area (Å²) in [6, 6.07) is 1.33. The molecule has 0 spiro atoms. The number of ether oxygens (including phenoxy) is 1. The second-order valence-electron chi connectivity index (χ2n) is 5.54. The number of rotatable bonds is 1. The lowest BCUT2D eigenvalue weighted by Crippen LogP contribution is -2.45. The lowest BCUT2D eigenvalue weighted by molar-refractivity contribution is 0.0497. The number of alkyl carbamates (subject to hydrolysis) is 1. The summed E-state index contributed by atoms with van der Waals surface area (Å²) in [6.45, 7) is 5.64. The molecule has 0 radical (unpaired) electrons. The highest BCUT2D eigenvalue weighted by molar-refractivity contribution is 5.68. The first-order valence-electron chi connectivity index (χ1n) is 5.69. The third-order valence-corrected chi connectivity index (χ3v) is 3.00. The van der Waals surface area contributed by atoms with Gasteiger partial charge in [-0.25, -0.2) is 4.79 Å². The van der Waals surface area contributed by atoms with Crippen molar-refractivity contribution in [1.82, 2.24) is 10.6 Å². The van der Waals surface area contributed by atoms with Gasteiger partial charge in [0.2, 0.25) is 0 Å². The van der Waals surface area contributed by atoms with Gasteiger partial charge >= 0.3 is 6.09 Å². The van der Waals surface area contributed by atoms with Crippen LogP contribution in [-0.4, -0.2) is 29.8 Å². The van der Waals surface area contributed by atoms with E-state index in [4.69, 9.17) is 4.74 Å². The minimum absolute atomic E-state index is 0.263. The van der Waals surface area contributed by atoms with E-state index in [2.05, 4.69) is 10.6 Å². The summed E-state index contributed by atoms with van der Waals surface area (Å²) in [7, 11) is 0. The van der Waals surface area contributed by atoms with Gasteiger partial charge in [-0.05, 0) is 40.0 Å². The number of nitrogens with one attached hydrogen (secondary N) is 2. The van der Waals surface area contributed by atoms with Crippen molar-refractivity contribution in [2.75, 3.05) is 0 Å². The van der Waals surface area contributed by atoms with E-state index in [1.54, 1.807) is 0 Å². The van der Waals surface area contributed by atoms with Crippen LogP contribution in [0.2, 0.25) is 0 Å². The van der Waals surface area contributed by atoms with Crippen molar-refractivity contribution >= 4 is 6.09 Å². The summed E-state index contributed by atoms with van der Waals surface area (Å²) < 4.78 is 5.23. The normalized spacial score (nSPS) is 34.2. The van der Waals surface area contributed by atoms with Crippen LogP contribution in [0.25, 0.3) is 0 Å². The molecule has 4 heteroatoms. The van der Waals surface area contributed by atoms with Crippen LogP contribution < -0.4 is 10.6 Å². The maximum atomic E-state index is 11.5. The van der Waals surface area contributed by atoms with E-state index in [9.17, 15) is 4.79 Å². The van der Waals surface area contributed by atoms with Gasteiger partial charge in [-0.2, -0.15) is 0 Å². The van der Waals surface area contributed by atoms with E-state index in [1.807, 2.05) is 20.8 Å². The molecule has 0 aromatic carbocycles. The first kappa shape index (κ1) is 10.7. The monoisotopic (exact) mass is 212 g/mol. The summed E-state index contributed by atoms with van der Waals surface area (Å²) in [4.78, 5) is 11.5. The molecular weight excluding hydrogens is 192 g/mol. The Balaban J connectivity index is 1.80. The maximum Gasteiger partial charge on any atom is 0.407 e. The highest BCUT2D eigenvalue weighted by atomic mass is 16.6. The Labute approximate surface area is 90.8 Å². The number of fused-ring (bicyclic) bond motifs is 2. The van der Waals surface area contributed by atoms with E-state index in [-0.39, 0.29) is 12.1 Å². The SMILES string of the molecule is CC(C)(C)OC(=O)NC1CC2CCC1N2. The molecule has 86 valence electrons. The van der Waals surface area contributed by atoms with Gasteiger partial charge in [0, 0.05) is 18.1 Å². The molecule has 2 aliphatic rings. The fourth-order valence-electron chi connectivity index (χ4n) is 2.44. The van der Waals surface area contributed by atoms with Crippen molar-refractivity contribution in [1.29, 1.82) is 0 Å². The summed E-state index contributed by atoms with van der Waals surface area (Å²) in [5.74, 6) is 0. The van der Waals surface area contributed by atoms with Crippen LogP contribution in [-0.2, 0) is 4.74 Å². The molecule has 0 aromatic rings. The number of carbonyl (C=O) groups is 1. The third-order valence-electron chi connectivity index (χ3n) is 3.00. The summed E-state index contributed by atoms with van der Waals surface area (Å²) in [6.07, 6.45) is 3.17. The van der Waals surface area contributed by atoms with Gasteiger partial charge in [0.15, 0.2) is 0 Å². The Hall–Kier alpha value is -0.770. The largest absolute Gasteiger partial charge is 0.444 e. The molecule has 0 saturated carbocycles. The first-order chi connectivity index (χ1) is 6.94. The fraction of sp³-hybridized carbons (Fsp3) is 0.909. The molecule has 1 amide bonds. The average Bonchev–Trinajstić information content (AvgIpc) is 2.60. The second-order valence-corrected chi connectivity index (χ2v) is 5.54. The van der Waals surface area contributed by atoms with Gasteiger partial charge in [-0.3, -0.25) is 0 Å². The lowest BCUT2D eigenvalue weighted by Gasteiger charge is -2.25. The quantitative estimate of drug-likeness (QED) is 0.691. The molecule has 2 rings (SSSR count). The number of amides is 1. The van der Waals surface area contributed by atoms with Gasteiger partial charge in [0.05, 0.1) is 0 Å². The molecule has 2 bridgehead atoms. The Morgan fingerprint density at radius 1 is 1.40 bits per heavy atom. The topological polar surface area (TPSA) is 50.4 Å². The molecule has 0 aliphatic carbocycles. The van der Waals surface area contributed by atoms with Crippen molar-refractivity contribution in [3.05, 3.63) is 0 Å². The van der Waals surface area contributed by atoms with Crippen LogP contribution in [0.1, 0.15) is 40.0 Å². The van der Waals surface area contributed by atoms with Gasteiger partial charge in [0.25, 0.3) is 0 Å². The first-order valence-corrected chi connectivity index (χ1v) is 5.69. The van der Waals surface area contributed by atoms with E-state index in [0.29, 0.717) is 12.1 Å². The zero-order valence-electron chi connectivity index (χ0n) is 9.67. The number of hydrogen-bond acceptors (Lipinski definition) is 3. The Bertz CT molecular complexity index is 260. The van der Waals surface area contributed by atoms with Crippen LogP contribution in [0.4, 0.5) is 4.79 Å². The molecule has 2 N–H and O–H groups in total. The molecular formula is C11H20N2O2. The summed E-state index contributed by atoms with van der Waals surface area (Å²) in [5, 5.41) is 6.42. The van der Waals surface area contributed by atoms with E-state index in [0.717, 1.165) is 6.42 Å². The predicted octanol–water partition coefficient (Wildman–Crippen LogP) is 1.40. The fourth-order valence-corrected chi connectivity index (χ4v) is 2.44. The summed E-state index contributed by atoms with van der Waals surface area (Å²) >= 11 is 0. The van der Waals surface area contributed by atoms with Crippen molar-refractivity contribution in [3.63, 3.8) is 0 Å². The molecule has 2 fully saturated rings.